The topological polar surface area (TPSA) is 78.5 Å². The van der Waals surface area contributed by atoms with E-state index < -0.39 is 17.3 Å². The van der Waals surface area contributed by atoms with Crippen molar-refractivity contribution in [1.82, 2.24) is 10.4 Å². The molecule has 0 aromatic heterocycles. The van der Waals surface area contributed by atoms with Gasteiger partial charge in [-0.3, -0.25) is 19.8 Å². The van der Waals surface area contributed by atoms with E-state index >= 15 is 0 Å². The van der Waals surface area contributed by atoms with Crippen LogP contribution in [0.5, 0.6) is 0 Å². The molecule has 0 saturated carbocycles. The van der Waals surface area contributed by atoms with Gasteiger partial charge in [-0.25, -0.2) is 5.01 Å². The van der Waals surface area contributed by atoms with Crippen LogP contribution < -0.4 is 10.7 Å². The van der Waals surface area contributed by atoms with E-state index in [1.807, 2.05) is 0 Å². The maximum atomic E-state index is 12.4. The van der Waals surface area contributed by atoms with Gasteiger partial charge < -0.3 is 5.32 Å². The van der Waals surface area contributed by atoms with E-state index in [0.717, 1.165) is 5.56 Å². The van der Waals surface area contributed by atoms with Crippen molar-refractivity contribution in [2.75, 3.05) is 5.32 Å². The first kappa shape index (κ1) is 18.2. The molecule has 1 fully saturated rings. The Morgan fingerprint density at radius 3 is 2.23 bits per heavy atom. The van der Waals surface area contributed by atoms with Gasteiger partial charge in [0.05, 0.1) is 0 Å². The molecule has 1 aliphatic heterocycles. The molecule has 8 heteroatoms. The van der Waals surface area contributed by atoms with E-state index in [-0.39, 0.29) is 11.8 Å². The highest BCUT2D eigenvalue weighted by Crippen LogP contribution is 2.37. The molecule has 2 aromatic carbocycles. The van der Waals surface area contributed by atoms with E-state index in [2.05, 4.69) is 10.7 Å². The second-order valence-electron chi connectivity index (χ2n) is 5.81. The fourth-order valence-electron chi connectivity index (χ4n) is 2.64. The van der Waals surface area contributed by atoms with Crippen molar-refractivity contribution >= 4 is 46.6 Å². The predicted molar refractivity (Wildman–Crippen MR) is 98.9 cm³/mol. The Labute approximate surface area is 160 Å². The number of rotatable bonds is 4. The third-order valence-electron chi connectivity index (χ3n) is 3.93. The van der Waals surface area contributed by atoms with Crippen LogP contribution in [0.3, 0.4) is 0 Å². The van der Waals surface area contributed by atoms with Crippen LogP contribution in [0, 0.1) is 0 Å². The zero-order chi connectivity index (χ0) is 18.8. The van der Waals surface area contributed by atoms with Crippen LogP contribution in [0.1, 0.15) is 28.9 Å². The summed E-state index contributed by atoms with van der Waals surface area (Å²) in [5.41, 5.74) is 4.27. The largest absolute Gasteiger partial charge is 0.326 e. The standard InChI is InChI=1S/C18H15Cl2N3O3/c1-10(24)21-14-8-4-12(5-9-14)17(25)22-23-16(15(20)18(23)26)11-2-6-13(19)7-3-11/h2-9,15-16H,1H3,(H,21,24)(H,22,25)/t15-,16+/m1/s1. The lowest BCUT2D eigenvalue weighted by atomic mass is 9.95. The Balaban J connectivity index is 1.72. The van der Waals surface area contributed by atoms with Gasteiger partial charge >= 0.3 is 0 Å². The number of nitrogens with zero attached hydrogens (tertiary/aromatic N) is 1. The van der Waals surface area contributed by atoms with Gasteiger partial charge in [0.15, 0.2) is 0 Å². The molecule has 2 aromatic rings. The van der Waals surface area contributed by atoms with Crippen LogP contribution in [-0.4, -0.2) is 28.1 Å². The molecule has 1 saturated heterocycles. The number of halogens is 2. The van der Waals surface area contributed by atoms with E-state index in [1.165, 1.54) is 11.9 Å². The van der Waals surface area contributed by atoms with Gasteiger partial charge in [0.2, 0.25) is 5.91 Å². The minimum Gasteiger partial charge on any atom is -0.326 e. The van der Waals surface area contributed by atoms with E-state index in [9.17, 15) is 14.4 Å². The molecule has 2 atom stereocenters. The Hall–Kier alpha value is -2.57. The van der Waals surface area contributed by atoms with Gasteiger partial charge in [-0.05, 0) is 42.0 Å². The number of hydrazine groups is 1. The lowest BCUT2D eigenvalue weighted by Crippen LogP contribution is -2.63. The fraction of sp³-hybridized carbons (Fsp3) is 0.167. The molecule has 0 unspecified atom stereocenters. The van der Waals surface area contributed by atoms with Crippen LogP contribution >= 0.6 is 23.2 Å². The highest BCUT2D eigenvalue weighted by molar-refractivity contribution is 6.33. The van der Waals surface area contributed by atoms with Gasteiger partial charge in [-0.1, -0.05) is 23.7 Å². The summed E-state index contributed by atoms with van der Waals surface area (Å²) < 4.78 is 0. The molecule has 2 N–H and O–H groups in total. The Morgan fingerprint density at radius 2 is 1.65 bits per heavy atom. The van der Waals surface area contributed by atoms with Gasteiger partial charge in [0.25, 0.3) is 11.8 Å². The number of amides is 3. The van der Waals surface area contributed by atoms with Crippen LogP contribution in [-0.2, 0) is 9.59 Å². The number of hydrogen-bond acceptors (Lipinski definition) is 3. The minimum absolute atomic E-state index is 0.202. The molecule has 6 nitrogen and oxygen atoms in total. The molecule has 0 aliphatic carbocycles. The first-order chi connectivity index (χ1) is 12.4. The Morgan fingerprint density at radius 1 is 1.04 bits per heavy atom. The fourth-order valence-corrected chi connectivity index (χ4v) is 3.13. The smallest absolute Gasteiger partial charge is 0.269 e. The van der Waals surface area contributed by atoms with E-state index in [0.29, 0.717) is 16.3 Å². The summed E-state index contributed by atoms with van der Waals surface area (Å²) in [6, 6.07) is 12.8. The summed E-state index contributed by atoms with van der Waals surface area (Å²) in [6.07, 6.45) is 0. The highest BCUT2D eigenvalue weighted by atomic mass is 35.5. The molecule has 0 radical (unpaired) electrons. The molecule has 1 heterocycles. The Bertz CT molecular complexity index is 853. The van der Waals surface area contributed by atoms with Gasteiger partial charge in [0, 0.05) is 23.2 Å². The van der Waals surface area contributed by atoms with Gasteiger partial charge in [-0.2, -0.15) is 0 Å². The molecular weight excluding hydrogens is 377 g/mol. The molecular formula is C18H15Cl2N3O3. The molecule has 3 rings (SSSR count). The summed E-state index contributed by atoms with van der Waals surface area (Å²) >= 11 is 12.0. The maximum Gasteiger partial charge on any atom is 0.269 e. The minimum atomic E-state index is -0.751. The first-order valence-corrected chi connectivity index (χ1v) is 8.59. The average molecular weight is 392 g/mol. The number of alkyl halides is 1. The quantitative estimate of drug-likeness (QED) is 0.620. The number of carbonyl (C=O) groups is 3. The number of β-lactam (4-membered cyclic amide) rings is 1. The second-order valence-corrected chi connectivity index (χ2v) is 6.71. The van der Waals surface area contributed by atoms with Crippen LogP contribution in [0.15, 0.2) is 48.5 Å². The van der Waals surface area contributed by atoms with E-state index in [4.69, 9.17) is 23.2 Å². The molecule has 0 bridgehead atoms. The van der Waals surface area contributed by atoms with Crippen LogP contribution in [0.2, 0.25) is 5.02 Å². The van der Waals surface area contributed by atoms with Crippen LogP contribution in [0.4, 0.5) is 5.69 Å². The number of carbonyl (C=O) groups excluding carboxylic acids is 3. The zero-order valence-electron chi connectivity index (χ0n) is 13.7. The molecule has 1 aliphatic rings. The predicted octanol–water partition coefficient (Wildman–Crippen LogP) is 3.13. The number of anilines is 1. The lowest BCUT2D eigenvalue weighted by Gasteiger charge is -2.43. The summed E-state index contributed by atoms with van der Waals surface area (Å²) in [5, 5.41) is 3.65. The number of hydrogen-bond donors (Lipinski definition) is 2. The van der Waals surface area contributed by atoms with Crippen molar-refractivity contribution in [3.05, 3.63) is 64.7 Å². The van der Waals surface area contributed by atoms with Crippen LogP contribution in [0.25, 0.3) is 0 Å². The van der Waals surface area contributed by atoms with Crippen molar-refractivity contribution < 1.29 is 14.4 Å². The maximum absolute atomic E-state index is 12.4. The SMILES string of the molecule is CC(=O)Nc1ccc(C(=O)NN2C(=O)[C@H](Cl)[C@@H]2c2ccc(Cl)cc2)cc1. The molecule has 3 amide bonds. The monoisotopic (exact) mass is 391 g/mol. The summed E-state index contributed by atoms with van der Waals surface area (Å²) in [5.74, 6) is -1.03. The number of nitrogens with one attached hydrogen (secondary N) is 2. The summed E-state index contributed by atoms with van der Waals surface area (Å²) in [7, 11) is 0. The van der Waals surface area contributed by atoms with Crippen molar-refractivity contribution in [2.24, 2.45) is 0 Å². The number of benzene rings is 2. The van der Waals surface area contributed by atoms with Crippen molar-refractivity contribution in [3.8, 4) is 0 Å². The summed E-state index contributed by atoms with van der Waals surface area (Å²) in [6.45, 7) is 1.40. The first-order valence-electron chi connectivity index (χ1n) is 7.78. The third-order valence-corrected chi connectivity index (χ3v) is 4.61. The van der Waals surface area contributed by atoms with Crippen molar-refractivity contribution in [1.29, 1.82) is 0 Å². The summed E-state index contributed by atoms with van der Waals surface area (Å²) in [4.78, 5) is 35.5. The second kappa shape index (κ2) is 7.35. The third kappa shape index (κ3) is 3.66. The van der Waals surface area contributed by atoms with Gasteiger partial charge in [0.1, 0.15) is 11.4 Å². The Kier molecular flexibility index (Phi) is 5.15. The lowest BCUT2D eigenvalue weighted by molar-refractivity contribution is -0.149. The van der Waals surface area contributed by atoms with Crippen molar-refractivity contribution in [2.45, 2.75) is 18.3 Å². The van der Waals surface area contributed by atoms with Crippen molar-refractivity contribution in [3.63, 3.8) is 0 Å². The molecule has 0 spiro atoms. The molecule has 134 valence electrons. The highest BCUT2D eigenvalue weighted by Gasteiger charge is 2.48. The normalized spacial score (nSPS) is 18.9. The molecule has 26 heavy (non-hydrogen) atoms. The van der Waals surface area contributed by atoms with Gasteiger partial charge in [-0.15, -0.1) is 11.6 Å². The zero-order valence-corrected chi connectivity index (χ0v) is 15.2. The van der Waals surface area contributed by atoms with E-state index in [1.54, 1.807) is 48.5 Å². The average Bonchev–Trinajstić information content (AvgIpc) is 2.62.